The average molecular weight is 231 g/mol. The van der Waals surface area contributed by atoms with Crippen LogP contribution in [0, 0.1) is 0 Å². The molecule has 5 nitrogen and oxygen atoms in total. The summed E-state index contributed by atoms with van der Waals surface area (Å²) in [6, 6.07) is 9.61. The minimum Gasteiger partial charge on any atom is -0.330 e. The van der Waals surface area contributed by atoms with Crippen LogP contribution in [-0.2, 0) is 18.5 Å². The van der Waals surface area contributed by atoms with E-state index in [0.29, 0.717) is 12.4 Å². The van der Waals surface area contributed by atoms with Crippen molar-refractivity contribution in [2.24, 2.45) is 7.05 Å². The first-order valence-electron chi connectivity index (χ1n) is 5.21. The zero-order valence-corrected chi connectivity index (χ0v) is 9.46. The molecule has 1 aromatic heterocycles. The molecular weight excluding hydrogens is 218 g/mol. The summed E-state index contributed by atoms with van der Waals surface area (Å²) in [6.07, 6.45) is 3.26. The van der Waals surface area contributed by atoms with Gasteiger partial charge in [-0.15, -0.1) is 0 Å². The number of rotatable bonds is 4. The van der Waals surface area contributed by atoms with Crippen LogP contribution in [0.5, 0.6) is 0 Å². The van der Waals surface area contributed by atoms with Crippen LogP contribution in [0.3, 0.4) is 0 Å². The monoisotopic (exact) mass is 231 g/mol. The zero-order valence-electron chi connectivity index (χ0n) is 9.46. The molecule has 0 radical (unpaired) electrons. The summed E-state index contributed by atoms with van der Waals surface area (Å²) in [5.74, 6) is -0.0357. The molecule has 1 heterocycles. The molecule has 1 amide bonds. The third-order valence-corrected chi connectivity index (χ3v) is 2.27. The Morgan fingerprint density at radius 3 is 2.82 bits per heavy atom. The summed E-state index contributed by atoms with van der Waals surface area (Å²) in [4.78, 5) is 20.6. The second-order valence-corrected chi connectivity index (χ2v) is 3.57. The Bertz CT molecular complexity index is 493. The van der Waals surface area contributed by atoms with Gasteiger partial charge in [-0.2, -0.15) is 0 Å². The number of aromatic nitrogens is 2. The zero-order chi connectivity index (χ0) is 12.1. The Morgan fingerprint density at radius 1 is 1.41 bits per heavy atom. The van der Waals surface area contributed by atoms with E-state index < -0.39 is 0 Å². The van der Waals surface area contributed by atoms with Crippen LogP contribution in [0.15, 0.2) is 42.7 Å². The van der Waals surface area contributed by atoms with Crippen molar-refractivity contribution in [1.29, 1.82) is 0 Å². The van der Waals surface area contributed by atoms with E-state index in [1.807, 2.05) is 30.3 Å². The van der Waals surface area contributed by atoms with Crippen LogP contribution in [-0.4, -0.2) is 15.5 Å². The number of nitrogens with one attached hydrogen (secondary N) is 1. The smallest absolute Gasteiger partial charge is 0.310 e. The van der Waals surface area contributed by atoms with E-state index in [1.165, 1.54) is 0 Å². The lowest BCUT2D eigenvalue weighted by atomic mass is 10.2. The highest BCUT2D eigenvalue weighted by atomic mass is 16.6. The molecule has 5 heteroatoms. The van der Waals surface area contributed by atoms with Crippen LogP contribution in [0.25, 0.3) is 0 Å². The highest BCUT2D eigenvalue weighted by Crippen LogP contribution is 2.00. The molecule has 2 aromatic rings. The van der Waals surface area contributed by atoms with E-state index in [-0.39, 0.29) is 5.91 Å². The molecule has 1 aromatic carbocycles. The molecule has 0 unspecified atom stereocenters. The fraction of sp³-hybridized carbons (Fsp3) is 0.167. The van der Waals surface area contributed by atoms with Crippen molar-refractivity contribution in [2.75, 3.05) is 0 Å². The van der Waals surface area contributed by atoms with E-state index in [0.717, 1.165) is 5.56 Å². The van der Waals surface area contributed by atoms with E-state index in [4.69, 9.17) is 4.84 Å². The lowest BCUT2D eigenvalue weighted by Gasteiger charge is -2.05. The van der Waals surface area contributed by atoms with Gasteiger partial charge in [-0.3, -0.25) is 9.63 Å². The van der Waals surface area contributed by atoms with Crippen molar-refractivity contribution in [3.05, 3.63) is 54.1 Å². The second kappa shape index (κ2) is 5.27. The number of nitrogens with zero attached hydrogens (tertiary/aromatic N) is 2. The lowest BCUT2D eigenvalue weighted by molar-refractivity contribution is 0.0222. The third-order valence-electron chi connectivity index (χ3n) is 2.27. The Kier molecular flexibility index (Phi) is 3.52. The maximum Gasteiger partial charge on any atom is 0.310 e. The molecule has 0 saturated heterocycles. The van der Waals surface area contributed by atoms with Gasteiger partial charge in [0.2, 0.25) is 5.82 Å². The molecule has 0 aliphatic heterocycles. The van der Waals surface area contributed by atoms with E-state index in [1.54, 1.807) is 24.0 Å². The number of carbonyl (C=O) groups excluding carboxylic acids is 1. The number of imidazole rings is 1. The van der Waals surface area contributed by atoms with Gasteiger partial charge in [0.15, 0.2) is 0 Å². The number of hydrogen-bond donors (Lipinski definition) is 1. The first kappa shape index (κ1) is 11.3. The Morgan fingerprint density at radius 2 is 2.18 bits per heavy atom. The van der Waals surface area contributed by atoms with Crippen molar-refractivity contribution in [1.82, 2.24) is 15.0 Å². The molecule has 88 valence electrons. The maximum atomic E-state index is 11.6. The van der Waals surface area contributed by atoms with Crippen molar-refractivity contribution in [2.45, 2.75) is 6.61 Å². The summed E-state index contributed by atoms with van der Waals surface area (Å²) in [5, 5.41) is 0. The van der Waals surface area contributed by atoms with E-state index >= 15 is 0 Å². The first-order chi connectivity index (χ1) is 8.27. The minimum atomic E-state index is -0.353. The van der Waals surface area contributed by atoms with Gasteiger partial charge in [0.05, 0.1) is 6.61 Å². The fourth-order valence-electron chi connectivity index (χ4n) is 1.39. The highest BCUT2D eigenvalue weighted by molar-refractivity contribution is 5.89. The standard InChI is InChI=1S/C12H13N3O2/c1-15-8-7-13-11(15)12(16)14-17-9-10-5-3-2-4-6-10/h2-8H,9H2,1H3,(H,14,16). The summed E-state index contributed by atoms with van der Waals surface area (Å²) in [7, 11) is 1.75. The quantitative estimate of drug-likeness (QED) is 0.806. The minimum absolute atomic E-state index is 0.318. The number of aryl methyl sites for hydroxylation is 1. The summed E-state index contributed by atoms with van der Waals surface area (Å²) >= 11 is 0. The average Bonchev–Trinajstić information content (AvgIpc) is 2.77. The summed E-state index contributed by atoms with van der Waals surface area (Å²) < 4.78 is 1.63. The molecule has 1 N–H and O–H groups in total. The van der Waals surface area contributed by atoms with Gasteiger partial charge in [-0.25, -0.2) is 10.5 Å². The van der Waals surface area contributed by atoms with Gasteiger partial charge in [-0.1, -0.05) is 30.3 Å². The van der Waals surface area contributed by atoms with Crippen molar-refractivity contribution in [3.63, 3.8) is 0 Å². The molecule has 0 bridgehead atoms. The summed E-state index contributed by atoms with van der Waals surface area (Å²) in [6.45, 7) is 0.330. The Hall–Kier alpha value is -2.14. The fourth-order valence-corrected chi connectivity index (χ4v) is 1.39. The number of carbonyl (C=O) groups is 1. The van der Waals surface area contributed by atoms with Crippen LogP contribution in [0.2, 0.25) is 0 Å². The van der Waals surface area contributed by atoms with Crippen molar-refractivity contribution < 1.29 is 9.63 Å². The van der Waals surface area contributed by atoms with E-state index in [2.05, 4.69) is 10.5 Å². The molecule has 0 spiro atoms. The lowest BCUT2D eigenvalue weighted by Crippen LogP contribution is -2.26. The van der Waals surface area contributed by atoms with Crippen LogP contribution >= 0.6 is 0 Å². The molecule has 17 heavy (non-hydrogen) atoms. The molecule has 2 rings (SSSR count). The predicted molar refractivity (Wildman–Crippen MR) is 61.9 cm³/mol. The number of benzene rings is 1. The van der Waals surface area contributed by atoms with Crippen molar-refractivity contribution >= 4 is 5.91 Å². The van der Waals surface area contributed by atoms with Crippen LogP contribution in [0.1, 0.15) is 16.2 Å². The topological polar surface area (TPSA) is 56.2 Å². The van der Waals surface area contributed by atoms with Gasteiger partial charge in [0, 0.05) is 19.4 Å². The summed E-state index contributed by atoms with van der Waals surface area (Å²) in [5.41, 5.74) is 3.35. The SMILES string of the molecule is Cn1ccnc1C(=O)NOCc1ccccc1. The highest BCUT2D eigenvalue weighted by Gasteiger charge is 2.09. The first-order valence-corrected chi connectivity index (χ1v) is 5.21. The molecule has 0 saturated carbocycles. The molecule has 0 fully saturated rings. The second-order valence-electron chi connectivity index (χ2n) is 3.57. The Labute approximate surface area is 99.0 Å². The van der Waals surface area contributed by atoms with Gasteiger partial charge in [0.25, 0.3) is 0 Å². The van der Waals surface area contributed by atoms with Gasteiger partial charge >= 0.3 is 5.91 Å². The van der Waals surface area contributed by atoms with Crippen molar-refractivity contribution in [3.8, 4) is 0 Å². The maximum absolute atomic E-state index is 11.6. The van der Waals surface area contributed by atoms with Gasteiger partial charge < -0.3 is 4.57 Å². The predicted octanol–water partition coefficient (Wildman–Crippen LogP) is 1.28. The Balaban J connectivity index is 1.84. The number of hydroxylamine groups is 1. The molecule has 0 atom stereocenters. The molecule has 0 aliphatic carbocycles. The largest absolute Gasteiger partial charge is 0.330 e. The number of amides is 1. The van der Waals surface area contributed by atoms with Crippen LogP contribution < -0.4 is 5.48 Å². The van der Waals surface area contributed by atoms with Gasteiger partial charge in [0.1, 0.15) is 0 Å². The number of hydrogen-bond acceptors (Lipinski definition) is 3. The third kappa shape index (κ3) is 2.92. The van der Waals surface area contributed by atoms with Gasteiger partial charge in [-0.05, 0) is 5.56 Å². The van der Waals surface area contributed by atoms with E-state index in [9.17, 15) is 4.79 Å². The van der Waals surface area contributed by atoms with Crippen LogP contribution in [0.4, 0.5) is 0 Å². The normalized spacial score (nSPS) is 10.2. The molecular formula is C12H13N3O2. The molecule has 0 aliphatic rings.